The van der Waals surface area contributed by atoms with Gasteiger partial charge in [-0.3, -0.25) is 0 Å². The first-order valence-electron chi connectivity index (χ1n) is 7.76. The lowest BCUT2D eigenvalue weighted by molar-refractivity contribution is 0.299. The molecule has 0 aromatic carbocycles. The minimum atomic E-state index is 0.209. The van der Waals surface area contributed by atoms with E-state index in [2.05, 4.69) is 22.4 Å². The van der Waals surface area contributed by atoms with Crippen LogP contribution in [0.3, 0.4) is 0 Å². The number of fused-ring (bicyclic) bond motifs is 1. The van der Waals surface area contributed by atoms with Gasteiger partial charge in [0.1, 0.15) is 5.01 Å². The molecule has 4 rings (SSSR count). The summed E-state index contributed by atoms with van der Waals surface area (Å²) in [6.45, 7) is 4.47. The van der Waals surface area contributed by atoms with Gasteiger partial charge in [0, 0.05) is 17.9 Å². The quantitative estimate of drug-likeness (QED) is 0.944. The van der Waals surface area contributed by atoms with E-state index < -0.39 is 0 Å². The third-order valence-electron chi connectivity index (χ3n) is 5.09. The highest BCUT2D eigenvalue weighted by Crippen LogP contribution is 2.39. The second kappa shape index (κ2) is 4.77. The molecule has 1 saturated carbocycles. The Balaban J connectivity index is 1.74. The first-order chi connectivity index (χ1) is 9.82. The second-order valence-corrected chi connectivity index (χ2v) is 7.16. The van der Waals surface area contributed by atoms with E-state index in [1.165, 1.54) is 37.1 Å². The van der Waals surface area contributed by atoms with Crippen molar-refractivity contribution in [2.24, 2.45) is 0 Å². The van der Waals surface area contributed by atoms with Crippen LogP contribution in [0.5, 0.6) is 0 Å². The van der Waals surface area contributed by atoms with Crippen molar-refractivity contribution >= 4 is 16.3 Å². The summed E-state index contributed by atoms with van der Waals surface area (Å²) < 4.78 is 2.02. The van der Waals surface area contributed by atoms with Crippen LogP contribution < -0.4 is 5.32 Å². The highest BCUT2D eigenvalue weighted by Gasteiger charge is 2.36. The predicted octanol–water partition coefficient (Wildman–Crippen LogP) is 2.48. The highest BCUT2D eigenvalue weighted by atomic mass is 32.1. The Hall–Kier alpha value is -1.01. The summed E-state index contributed by atoms with van der Waals surface area (Å²) in [6.07, 6.45) is 7.42. The molecule has 2 aromatic heterocycles. The summed E-state index contributed by atoms with van der Waals surface area (Å²) in [7, 11) is 0. The van der Waals surface area contributed by atoms with Crippen molar-refractivity contribution in [2.45, 2.75) is 56.8 Å². The van der Waals surface area contributed by atoms with Gasteiger partial charge in [-0.2, -0.15) is 9.61 Å². The molecular formula is C14H21N5S. The van der Waals surface area contributed by atoms with E-state index in [4.69, 9.17) is 5.10 Å². The number of hydrogen-bond acceptors (Lipinski definition) is 5. The van der Waals surface area contributed by atoms with Gasteiger partial charge in [-0.15, -0.1) is 10.2 Å². The fraction of sp³-hybridized carbons (Fsp3) is 0.786. The summed E-state index contributed by atoms with van der Waals surface area (Å²) >= 11 is 1.74. The summed E-state index contributed by atoms with van der Waals surface area (Å²) in [4.78, 5) is 0.972. The average Bonchev–Trinajstić information content (AvgIpc) is 3.00. The van der Waals surface area contributed by atoms with Crippen LogP contribution in [-0.4, -0.2) is 32.9 Å². The Bertz CT molecular complexity index is 606. The number of rotatable bonds is 3. The van der Waals surface area contributed by atoms with E-state index >= 15 is 0 Å². The van der Waals surface area contributed by atoms with Crippen LogP contribution >= 0.6 is 11.3 Å². The van der Waals surface area contributed by atoms with Crippen LogP contribution in [0.15, 0.2) is 0 Å². The molecule has 5 nitrogen and oxygen atoms in total. The minimum Gasteiger partial charge on any atom is -0.316 e. The fourth-order valence-corrected chi connectivity index (χ4v) is 4.50. The average molecular weight is 291 g/mol. The number of nitrogens with one attached hydrogen (secondary N) is 1. The van der Waals surface area contributed by atoms with Crippen LogP contribution in [-0.2, 0) is 5.41 Å². The van der Waals surface area contributed by atoms with Crippen LogP contribution in [0.1, 0.15) is 62.2 Å². The molecule has 1 atom stereocenters. The molecule has 6 heteroatoms. The van der Waals surface area contributed by atoms with Crippen molar-refractivity contribution in [3.05, 3.63) is 10.8 Å². The van der Waals surface area contributed by atoms with Gasteiger partial charge >= 0.3 is 0 Å². The van der Waals surface area contributed by atoms with Crippen LogP contribution in [0.4, 0.5) is 0 Å². The van der Waals surface area contributed by atoms with Crippen molar-refractivity contribution in [1.29, 1.82) is 0 Å². The van der Waals surface area contributed by atoms with Crippen LogP contribution in [0, 0.1) is 0 Å². The number of hydrogen-bond donors (Lipinski definition) is 1. The molecule has 2 aromatic rings. The van der Waals surface area contributed by atoms with Gasteiger partial charge in [-0.05, 0) is 38.6 Å². The molecule has 2 aliphatic rings. The summed E-state index contributed by atoms with van der Waals surface area (Å²) in [5.41, 5.74) is 0.209. The Morgan fingerprint density at radius 1 is 1.35 bits per heavy atom. The van der Waals surface area contributed by atoms with E-state index in [9.17, 15) is 0 Å². The lowest BCUT2D eigenvalue weighted by atomic mass is 9.79. The standard InChI is InChI=1S/C14H21N5S/c1-2-14(7-4-8-15-9-14)12-18-19-11(10-5-3-6-10)16-17-13(19)20-12/h10,15H,2-9H2,1H3. The van der Waals surface area contributed by atoms with Crippen molar-refractivity contribution in [1.82, 2.24) is 25.1 Å². The van der Waals surface area contributed by atoms with E-state index in [1.54, 1.807) is 11.3 Å². The van der Waals surface area contributed by atoms with Crippen LogP contribution in [0.2, 0.25) is 0 Å². The van der Waals surface area contributed by atoms with E-state index in [0.717, 1.165) is 30.3 Å². The zero-order valence-electron chi connectivity index (χ0n) is 11.9. The van der Waals surface area contributed by atoms with E-state index in [-0.39, 0.29) is 5.41 Å². The molecular weight excluding hydrogens is 270 g/mol. The largest absolute Gasteiger partial charge is 0.316 e. The first kappa shape index (κ1) is 12.7. The maximum atomic E-state index is 4.91. The monoisotopic (exact) mass is 291 g/mol. The molecule has 1 aliphatic heterocycles. The molecule has 0 radical (unpaired) electrons. The summed E-state index contributed by atoms with van der Waals surface area (Å²) in [5.74, 6) is 1.67. The SMILES string of the molecule is CCC1(c2nn3c(C4CCC4)nnc3s2)CCCNC1. The van der Waals surface area contributed by atoms with Crippen molar-refractivity contribution < 1.29 is 0 Å². The van der Waals surface area contributed by atoms with Gasteiger partial charge in [0.2, 0.25) is 4.96 Å². The van der Waals surface area contributed by atoms with Crippen molar-refractivity contribution in [3.8, 4) is 0 Å². The van der Waals surface area contributed by atoms with Crippen molar-refractivity contribution in [3.63, 3.8) is 0 Å². The smallest absolute Gasteiger partial charge is 0.234 e. The molecule has 0 spiro atoms. The predicted molar refractivity (Wildman–Crippen MR) is 79.3 cm³/mol. The zero-order valence-corrected chi connectivity index (χ0v) is 12.7. The molecule has 0 bridgehead atoms. The maximum absolute atomic E-state index is 4.91. The number of nitrogens with zero attached hydrogens (tertiary/aromatic N) is 4. The molecule has 3 heterocycles. The Labute approximate surface area is 122 Å². The third-order valence-corrected chi connectivity index (χ3v) is 6.23. The Morgan fingerprint density at radius 2 is 2.25 bits per heavy atom. The minimum absolute atomic E-state index is 0.209. The lowest BCUT2D eigenvalue weighted by Crippen LogP contribution is -2.43. The Kier molecular flexibility index (Phi) is 3.03. The van der Waals surface area contributed by atoms with E-state index in [1.807, 2.05) is 4.52 Å². The molecule has 2 fully saturated rings. The Morgan fingerprint density at radius 3 is 2.90 bits per heavy atom. The van der Waals surface area contributed by atoms with Gasteiger partial charge in [0.05, 0.1) is 0 Å². The molecule has 108 valence electrons. The second-order valence-electron chi connectivity index (χ2n) is 6.20. The normalized spacial score (nSPS) is 27.9. The highest BCUT2D eigenvalue weighted by molar-refractivity contribution is 7.16. The summed E-state index contributed by atoms with van der Waals surface area (Å²) in [6, 6.07) is 0. The van der Waals surface area contributed by atoms with Crippen LogP contribution in [0.25, 0.3) is 4.96 Å². The lowest BCUT2D eigenvalue weighted by Gasteiger charge is -2.34. The maximum Gasteiger partial charge on any atom is 0.234 e. The van der Waals surface area contributed by atoms with E-state index in [0.29, 0.717) is 5.92 Å². The van der Waals surface area contributed by atoms with Gasteiger partial charge in [0.25, 0.3) is 0 Å². The molecule has 1 N–H and O–H groups in total. The molecule has 0 amide bonds. The number of aromatic nitrogens is 4. The van der Waals surface area contributed by atoms with Gasteiger partial charge in [-0.25, -0.2) is 0 Å². The summed E-state index contributed by atoms with van der Waals surface area (Å²) in [5, 5.41) is 18.4. The third kappa shape index (κ3) is 1.81. The van der Waals surface area contributed by atoms with Crippen molar-refractivity contribution in [2.75, 3.05) is 13.1 Å². The van der Waals surface area contributed by atoms with Gasteiger partial charge in [-0.1, -0.05) is 24.7 Å². The number of piperidine rings is 1. The molecule has 20 heavy (non-hydrogen) atoms. The van der Waals surface area contributed by atoms with Gasteiger partial charge in [0.15, 0.2) is 5.82 Å². The molecule has 1 unspecified atom stereocenters. The van der Waals surface area contributed by atoms with Gasteiger partial charge < -0.3 is 5.32 Å². The molecule has 1 aliphatic carbocycles. The fourth-order valence-electron chi connectivity index (χ4n) is 3.37. The topological polar surface area (TPSA) is 55.1 Å². The molecule has 1 saturated heterocycles. The first-order valence-corrected chi connectivity index (χ1v) is 8.57. The zero-order chi connectivity index (χ0) is 13.6.